The molecule has 2 aromatic carbocycles. The van der Waals surface area contributed by atoms with Gasteiger partial charge in [0.25, 0.3) is 5.91 Å². The van der Waals surface area contributed by atoms with Gasteiger partial charge in [-0.05, 0) is 78.5 Å². The molecule has 0 saturated carbocycles. The summed E-state index contributed by atoms with van der Waals surface area (Å²) >= 11 is 0. The molecular formula is C30H34N4O3. The third kappa shape index (κ3) is 4.67. The highest BCUT2D eigenvalue weighted by Crippen LogP contribution is 2.48. The zero-order chi connectivity index (χ0) is 26.2. The van der Waals surface area contributed by atoms with Crippen molar-refractivity contribution in [1.82, 2.24) is 15.1 Å². The van der Waals surface area contributed by atoms with Gasteiger partial charge in [0.1, 0.15) is 6.04 Å². The van der Waals surface area contributed by atoms with Gasteiger partial charge < -0.3 is 4.90 Å². The first-order valence-electron chi connectivity index (χ1n) is 13.4. The van der Waals surface area contributed by atoms with Gasteiger partial charge in [-0.25, -0.2) is 0 Å². The van der Waals surface area contributed by atoms with E-state index in [-0.39, 0.29) is 29.6 Å². The van der Waals surface area contributed by atoms with Crippen LogP contribution in [0.1, 0.15) is 84.5 Å². The summed E-state index contributed by atoms with van der Waals surface area (Å²) in [5, 5.41) is 11.5. The lowest BCUT2D eigenvalue weighted by Gasteiger charge is -2.48. The molecule has 5 rings (SSSR count). The Balaban J connectivity index is 1.34. The molecule has 0 spiro atoms. The number of nitrogens with zero attached hydrogens (tertiary/aromatic N) is 3. The summed E-state index contributed by atoms with van der Waals surface area (Å²) in [6, 6.07) is 15.7. The number of likely N-dealkylation sites (tertiary alicyclic amines) is 1. The van der Waals surface area contributed by atoms with Crippen molar-refractivity contribution in [3.05, 3.63) is 70.3 Å². The maximum Gasteiger partial charge on any atom is 0.255 e. The maximum absolute atomic E-state index is 13.1. The van der Waals surface area contributed by atoms with Crippen LogP contribution in [0.5, 0.6) is 0 Å². The van der Waals surface area contributed by atoms with Gasteiger partial charge in [0.15, 0.2) is 0 Å². The SMILES string of the molecule is CCC1(CC)CN(Cc2ccc(C#N)cc2)CCC1c1ccc2c(c1)CN(C1CCC(=O)NC1=O)C2=O. The highest BCUT2D eigenvalue weighted by atomic mass is 16.2. The van der Waals surface area contributed by atoms with Crippen molar-refractivity contribution in [3.8, 4) is 6.07 Å². The van der Waals surface area contributed by atoms with Crippen LogP contribution in [0.15, 0.2) is 42.5 Å². The lowest BCUT2D eigenvalue weighted by Crippen LogP contribution is -2.52. The van der Waals surface area contributed by atoms with E-state index in [0.29, 0.717) is 30.0 Å². The number of rotatable bonds is 6. The molecule has 2 fully saturated rings. The Bertz CT molecular complexity index is 1260. The van der Waals surface area contributed by atoms with Crippen LogP contribution >= 0.6 is 0 Å². The molecule has 0 aliphatic carbocycles. The van der Waals surface area contributed by atoms with E-state index in [0.717, 1.165) is 44.5 Å². The van der Waals surface area contributed by atoms with Crippen molar-refractivity contribution in [1.29, 1.82) is 5.26 Å². The number of carbonyl (C=O) groups is 3. The van der Waals surface area contributed by atoms with Crippen LogP contribution in [-0.4, -0.2) is 46.7 Å². The molecule has 7 nitrogen and oxygen atoms in total. The Hall–Kier alpha value is -3.50. The van der Waals surface area contributed by atoms with Crippen LogP contribution in [0.4, 0.5) is 0 Å². The van der Waals surface area contributed by atoms with Gasteiger partial charge in [0.05, 0.1) is 11.6 Å². The Morgan fingerprint density at radius 1 is 1.05 bits per heavy atom. The van der Waals surface area contributed by atoms with E-state index in [9.17, 15) is 14.4 Å². The van der Waals surface area contributed by atoms with E-state index in [2.05, 4.69) is 54.4 Å². The molecule has 2 aromatic rings. The van der Waals surface area contributed by atoms with E-state index < -0.39 is 6.04 Å². The molecule has 2 saturated heterocycles. The number of hydrogen-bond donors (Lipinski definition) is 1. The highest BCUT2D eigenvalue weighted by Gasteiger charge is 2.43. The second-order valence-corrected chi connectivity index (χ2v) is 10.7. The Morgan fingerprint density at radius 2 is 1.81 bits per heavy atom. The second kappa shape index (κ2) is 10.1. The summed E-state index contributed by atoms with van der Waals surface area (Å²) in [6.45, 7) is 7.84. The largest absolute Gasteiger partial charge is 0.322 e. The Morgan fingerprint density at radius 3 is 2.49 bits per heavy atom. The van der Waals surface area contributed by atoms with Crippen LogP contribution < -0.4 is 5.32 Å². The van der Waals surface area contributed by atoms with Crippen molar-refractivity contribution in [3.63, 3.8) is 0 Å². The molecule has 3 aliphatic rings. The van der Waals surface area contributed by atoms with Gasteiger partial charge in [0, 0.05) is 31.6 Å². The fraction of sp³-hybridized carbons (Fsp3) is 0.467. The number of hydrogen-bond acceptors (Lipinski definition) is 5. The monoisotopic (exact) mass is 498 g/mol. The third-order valence-corrected chi connectivity index (χ3v) is 8.86. The van der Waals surface area contributed by atoms with Crippen molar-refractivity contribution < 1.29 is 14.4 Å². The van der Waals surface area contributed by atoms with E-state index in [1.54, 1.807) is 4.90 Å². The Labute approximate surface area is 218 Å². The lowest BCUT2D eigenvalue weighted by atomic mass is 9.64. The molecule has 3 aliphatic heterocycles. The number of piperidine rings is 2. The van der Waals surface area contributed by atoms with E-state index in [4.69, 9.17) is 5.26 Å². The minimum absolute atomic E-state index is 0.120. The average molecular weight is 499 g/mol. The number of nitrogens with one attached hydrogen (secondary N) is 1. The van der Waals surface area contributed by atoms with Gasteiger partial charge >= 0.3 is 0 Å². The molecule has 0 radical (unpaired) electrons. The number of carbonyl (C=O) groups excluding carboxylic acids is 3. The molecule has 3 amide bonds. The second-order valence-electron chi connectivity index (χ2n) is 10.7. The van der Waals surface area contributed by atoms with Crippen LogP contribution in [0.2, 0.25) is 0 Å². The Kier molecular flexibility index (Phi) is 6.87. The summed E-state index contributed by atoms with van der Waals surface area (Å²) in [6.07, 6.45) is 3.82. The maximum atomic E-state index is 13.1. The fourth-order valence-electron chi connectivity index (χ4n) is 6.63. The summed E-state index contributed by atoms with van der Waals surface area (Å²) in [4.78, 5) is 41.3. The van der Waals surface area contributed by atoms with Crippen LogP contribution in [0.25, 0.3) is 0 Å². The normalized spacial score (nSPS) is 23.5. The van der Waals surface area contributed by atoms with E-state index >= 15 is 0 Å². The van der Waals surface area contributed by atoms with Crippen LogP contribution in [0, 0.1) is 16.7 Å². The van der Waals surface area contributed by atoms with Crippen molar-refractivity contribution >= 4 is 17.7 Å². The molecule has 3 heterocycles. The molecule has 2 atom stereocenters. The molecule has 7 heteroatoms. The summed E-state index contributed by atoms with van der Waals surface area (Å²) < 4.78 is 0. The average Bonchev–Trinajstić information content (AvgIpc) is 3.24. The minimum Gasteiger partial charge on any atom is -0.322 e. The number of amides is 3. The molecule has 0 aromatic heterocycles. The molecule has 0 bridgehead atoms. The first-order chi connectivity index (χ1) is 17.9. The lowest BCUT2D eigenvalue weighted by molar-refractivity contribution is -0.136. The van der Waals surface area contributed by atoms with Gasteiger partial charge in [0.2, 0.25) is 11.8 Å². The van der Waals surface area contributed by atoms with Gasteiger partial charge in [-0.15, -0.1) is 0 Å². The topological polar surface area (TPSA) is 93.5 Å². The number of nitriles is 1. The first kappa shape index (κ1) is 25.2. The zero-order valence-corrected chi connectivity index (χ0v) is 21.6. The predicted molar refractivity (Wildman–Crippen MR) is 139 cm³/mol. The van der Waals surface area contributed by atoms with Gasteiger partial charge in [-0.1, -0.05) is 38.1 Å². The van der Waals surface area contributed by atoms with Crippen molar-refractivity contribution in [2.75, 3.05) is 13.1 Å². The molecule has 37 heavy (non-hydrogen) atoms. The highest BCUT2D eigenvalue weighted by molar-refractivity contribution is 6.05. The van der Waals surface area contributed by atoms with Crippen LogP contribution in [0.3, 0.4) is 0 Å². The van der Waals surface area contributed by atoms with E-state index in [1.807, 2.05) is 18.2 Å². The fourth-order valence-corrected chi connectivity index (χ4v) is 6.63. The van der Waals surface area contributed by atoms with Gasteiger partial charge in [-0.3, -0.25) is 24.6 Å². The zero-order valence-electron chi connectivity index (χ0n) is 21.6. The van der Waals surface area contributed by atoms with Crippen LogP contribution in [-0.2, 0) is 22.7 Å². The first-order valence-corrected chi connectivity index (χ1v) is 13.4. The molecule has 1 N–H and O–H groups in total. The predicted octanol–water partition coefficient (Wildman–Crippen LogP) is 4.12. The minimum atomic E-state index is -0.586. The third-order valence-electron chi connectivity index (χ3n) is 8.86. The smallest absolute Gasteiger partial charge is 0.255 e. The molecule has 2 unspecified atom stereocenters. The van der Waals surface area contributed by atoms with Crippen molar-refractivity contribution in [2.24, 2.45) is 5.41 Å². The summed E-state index contributed by atoms with van der Waals surface area (Å²) in [5.74, 6) is -0.368. The number of imide groups is 1. The number of benzene rings is 2. The standard InChI is InChI=1S/C30H34N4O3/c1-3-30(4-2)19-33(17-21-7-5-20(16-31)6-8-21)14-13-25(30)22-9-10-24-23(15-22)18-34(29(24)37)26-11-12-27(35)32-28(26)36/h5-10,15,25-26H,3-4,11-14,17-19H2,1-2H3,(H,32,35,36). The van der Waals surface area contributed by atoms with E-state index in [1.165, 1.54) is 11.1 Å². The van der Waals surface area contributed by atoms with Gasteiger partial charge in [-0.2, -0.15) is 5.26 Å². The van der Waals surface area contributed by atoms with Crippen molar-refractivity contribution in [2.45, 2.75) is 71.0 Å². The molecule has 192 valence electrons. The summed E-state index contributed by atoms with van der Waals surface area (Å²) in [7, 11) is 0. The number of fused-ring (bicyclic) bond motifs is 1. The quantitative estimate of drug-likeness (QED) is 0.605. The summed E-state index contributed by atoms with van der Waals surface area (Å²) in [5.41, 5.74) is 4.97. The molecular weight excluding hydrogens is 464 g/mol.